The molecule has 1 aliphatic rings. The van der Waals surface area contributed by atoms with Crippen molar-refractivity contribution in [1.29, 1.82) is 0 Å². The molecular weight excluding hydrogens is 318 g/mol. The summed E-state index contributed by atoms with van der Waals surface area (Å²) >= 11 is 0. The molecule has 3 rings (SSSR count). The highest BCUT2D eigenvalue weighted by Crippen LogP contribution is 2.16. The van der Waals surface area contributed by atoms with Crippen LogP contribution in [0.3, 0.4) is 0 Å². The van der Waals surface area contributed by atoms with Gasteiger partial charge in [-0.25, -0.2) is 4.68 Å². The van der Waals surface area contributed by atoms with E-state index in [2.05, 4.69) is 10.4 Å². The van der Waals surface area contributed by atoms with Crippen LogP contribution in [0.1, 0.15) is 36.1 Å². The average molecular weight is 341 g/mol. The fraction of sp³-hybridized carbons (Fsp3) is 0.421. The average Bonchev–Trinajstić information content (AvgIpc) is 2.82. The number of aromatic nitrogens is 2. The predicted molar refractivity (Wildman–Crippen MR) is 94.6 cm³/mol. The van der Waals surface area contributed by atoms with Crippen molar-refractivity contribution in [2.75, 3.05) is 6.54 Å². The lowest BCUT2D eigenvalue weighted by molar-refractivity contribution is -0.121. The second-order valence-corrected chi connectivity index (χ2v) is 6.44. The van der Waals surface area contributed by atoms with Crippen molar-refractivity contribution in [3.05, 3.63) is 57.5 Å². The third-order valence-electron chi connectivity index (χ3n) is 4.49. The first-order valence-corrected chi connectivity index (χ1v) is 8.76. The van der Waals surface area contributed by atoms with Crippen molar-refractivity contribution < 1.29 is 9.90 Å². The number of nitrogens with one attached hydrogen (secondary N) is 1. The minimum atomic E-state index is -0.220. The lowest BCUT2D eigenvalue weighted by Crippen LogP contribution is -2.35. The third kappa shape index (κ3) is 4.68. The van der Waals surface area contributed by atoms with Crippen LogP contribution in [0.25, 0.3) is 0 Å². The molecule has 1 heterocycles. The lowest BCUT2D eigenvalue weighted by Gasteiger charge is -2.10. The number of nitrogens with zero attached hydrogens (tertiary/aromatic N) is 2. The number of amides is 1. The topological polar surface area (TPSA) is 84.2 Å². The van der Waals surface area contributed by atoms with Crippen molar-refractivity contribution >= 4 is 5.91 Å². The minimum Gasteiger partial charge on any atom is -0.508 e. The number of hydrogen-bond donors (Lipinski definition) is 2. The van der Waals surface area contributed by atoms with Crippen LogP contribution >= 0.6 is 0 Å². The van der Waals surface area contributed by atoms with Gasteiger partial charge in [-0.05, 0) is 55.4 Å². The zero-order valence-corrected chi connectivity index (χ0v) is 14.2. The Morgan fingerprint density at radius 3 is 2.72 bits per heavy atom. The summed E-state index contributed by atoms with van der Waals surface area (Å²) in [6.07, 6.45) is 5.77. The number of hydrogen-bond acceptors (Lipinski definition) is 4. The highest BCUT2D eigenvalue weighted by Gasteiger charge is 2.13. The van der Waals surface area contributed by atoms with Crippen molar-refractivity contribution in [1.82, 2.24) is 15.1 Å². The number of aryl methyl sites for hydroxylation is 2. The van der Waals surface area contributed by atoms with Gasteiger partial charge < -0.3 is 10.4 Å². The number of phenolic OH excluding ortho intramolecular Hbond substituents is 1. The minimum absolute atomic E-state index is 0.0539. The summed E-state index contributed by atoms with van der Waals surface area (Å²) < 4.78 is 1.26. The predicted octanol–water partition coefficient (Wildman–Crippen LogP) is 1.58. The number of carbonyl (C=O) groups is 1. The Kier molecular flexibility index (Phi) is 5.48. The molecule has 1 aliphatic carbocycles. The van der Waals surface area contributed by atoms with E-state index in [4.69, 9.17) is 0 Å². The molecule has 0 fully saturated rings. The maximum atomic E-state index is 12.2. The van der Waals surface area contributed by atoms with Gasteiger partial charge in [0.25, 0.3) is 5.56 Å². The van der Waals surface area contributed by atoms with Crippen molar-refractivity contribution in [3.8, 4) is 5.75 Å². The van der Waals surface area contributed by atoms with Crippen LogP contribution in [-0.2, 0) is 30.6 Å². The highest BCUT2D eigenvalue weighted by molar-refractivity contribution is 5.75. The zero-order valence-electron chi connectivity index (χ0n) is 14.2. The van der Waals surface area contributed by atoms with Gasteiger partial charge in [-0.1, -0.05) is 18.6 Å². The molecule has 0 radical (unpaired) electrons. The van der Waals surface area contributed by atoms with E-state index >= 15 is 0 Å². The van der Waals surface area contributed by atoms with Gasteiger partial charge in [-0.2, -0.15) is 5.10 Å². The number of aromatic hydroxyl groups is 1. The molecule has 25 heavy (non-hydrogen) atoms. The second kappa shape index (κ2) is 7.96. The maximum absolute atomic E-state index is 12.2. The van der Waals surface area contributed by atoms with Crippen molar-refractivity contribution in [2.24, 2.45) is 0 Å². The molecule has 6 nitrogen and oxygen atoms in total. The van der Waals surface area contributed by atoms with E-state index < -0.39 is 0 Å². The van der Waals surface area contributed by atoms with Gasteiger partial charge in [0.05, 0.1) is 5.69 Å². The normalized spacial score (nSPS) is 13.8. The molecule has 0 unspecified atom stereocenters. The van der Waals surface area contributed by atoms with Gasteiger partial charge in [0.2, 0.25) is 5.91 Å². The molecule has 0 atom stereocenters. The largest absolute Gasteiger partial charge is 0.508 e. The first kappa shape index (κ1) is 17.2. The summed E-state index contributed by atoms with van der Waals surface area (Å²) in [5, 5.41) is 16.5. The molecule has 2 N–H and O–H groups in total. The smallest absolute Gasteiger partial charge is 0.267 e. The van der Waals surface area contributed by atoms with Gasteiger partial charge >= 0.3 is 0 Å². The molecule has 0 saturated heterocycles. The summed E-state index contributed by atoms with van der Waals surface area (Å²) in [4.78, 5) is 24.3. The molecule has 1 aromatic heterocycles. The fourth-order valence-corrected chi connectivity index (χ4v) is 3.09. The molecule has 0 aliphatic heterocycles. The van der Waals surface area contributed by atoms with Gasteiger partial charge in [-0.3, -0.25) is 9.59 Å². The van der Waals surface area contributed by atoms with E-state index in [0.29, 0.717) is 13.0 Å². The number of phenols is 1. The monoisotopic (exact) mass is 341 g/mol. The molecule has 0 saturated carbocycles. The lowest BCUT2D eigenvalue weighted by atomic mass is 10.1. The number of rotatable bonds is 5. The molecule has 0 spiro atoms. The van der Waals surface area contributed by atoms with Crippen LogP contribution in [-0.4, -0.2) is 27.3 Å². The molecule has 1 aromatic carbocycles. The van der Waals surface area contributed by atoms with E-state index in [-0.39, 0.29) is 23.8 Å². The van der Waals surface area contributed by atoms with E-state index in [1.807, 2.05) is 12.1 Å². The van der Waals surface area contributed by atoms with Gasteiger partial charge in [0, 0.05) is 12.6 Å². The zero-order chi connectivity index (χ0) is 17.6. The fourth-order valence-electron chi connectivity index (χ4n) is 3.09. The van der Waals surface area contributed by atoms with E-state index in [1.54, 1.807) is 18.2 Å². The first-order valence-electron chi connectivity index (χ1n) is 8.76. The molecular formula is C19H23N3O3. The molecule has 132 valence electrons. The summed E-state index contributed by atoms with van der Waals surface area (Å²) in [6.45, 7) is 0.422. The Bertz CT molecular complexity index is 797. The van der Waals surface area contributed by atoms with Gasteiger partial charge in [-0.15, -0.1) is 0 Å². The van der Waals surface area contributed by atoms with E-state index in [0.717, 1.165) is 48.9 Å². The Morgan fingerprint density at radius 2 is 1.92 bits per heavy atom. The Morgan fingerprint density at radius 1 is 1.16 bits per heavy atom. The highest BCUT2D eigenvalue weighted by atomic mass is 16.3. The number of carbonyl (C=O) groups excluding carboxylic acids is 1. The van der Waals surface area contributed by atoms with E-state index in [1.165, 1.54) is 4.68 Å². The summed E-state index contributed by atoms with van der Waals surface area (Å²) in [6, 6.07) is 8.52. The Balaban J connectivity index is 1.56. The molecule has 6 heteroatoms. The van der Waals surface area contributed by atoms with Crippen LogP contribution in [0.5, 0.6) is 5.75 Å². The SMILES string of the molecule is O=C(Cn1nc2c(cc1=O)CCCCC2)NCCc1ccc(O)cc1. The van der Waals surface area contributed by atoms with Crippen molar-refractivity contribution in [3.63, 3.8) is 0 Å². The van der Waals surface area contributed by atoms with Gasteiger partial charge in [0.15, 0.2) is 0 Å². The van der Waals surface area contributed by atoms with Gasteiger partial charge in [0.1, 0.15) is 12.3 Å². The number of fused-ring (bicyclic) bond motifs is 1. The van der Waals surface area contributed by atoms with Crippen LogP contribution in [0, 0.1) is 0 Å². The second-order valence-electron chi connectivity index (χ2n) is 6.44. The molecule has 0 bridgehead atoms. The van der Waals surface area contributed by atoms with E-state index in [9.17, 15) is 14.7 Å². The summed E-state index contributed by atoms with van der Waals surface area (Å²) in [5.74, 6) is 0.00314. The Labute approximate surface area is 146 Å². The quantitative estimate of drug-likeness (QED) is 0.809. The van der Waals surface area contributed by atoms with Crippen molar-refractivity contribution in [2.45, 2.75) is 45.1 Å². The van der Waals surface area contributed by atoms with Crippen LogP contribution < -0.4 is 10.9 Å². The summed E-state index contributed by atoms with van der Waals surface area (Å²) in [7, 11) is 0. The number of benzene rings is 1. The first-order chi connectivity index (χ1) is 12.1. The standard InChI is InChI=1S/C19H23N3O3/c23-16-8-6-14(7-9-16)10-11-20-18(24)13-22-19(25)12-15-4-2-1-3-5-17(15)21-22/h6-9,12,23H,1-5,10-11,13H2,(H,20,24). The van der Waals surface area contributed by atoms with Crippen LogP contribution in [0.2, 0.25) is 0 Å². The third-order valence-corrected chi connectivity index (χ3v) is 4.49. The Hall–Kier alpha value is -2.63. The molecule has 1 amide bonds. The van der Waals surface area contributed by atoms with Crippen LogP contribution in [0.4, 0.5) is 0 Å². The van der Waals surface area contributed by atoms with Crippen LogP contribution in [0.15, 0.2) is 35.1 Å². The summed E-state index contributed by atoms with van der Waals surface area (Å²) in [5.41, 5.74) is 2.80. The molecule has 2 aromatic rings. The maximum Gasteiger partial charge on any atom is 0.267 e.